The predicted molar refractivity (Wildman–Crippen MR) is 186 cm³/mol. The van der Waals surface area contributed by atoms with E-state index in [0.29, 0.717) is 50.7 Å². The lowest BCUT2D eigenvalue weighted by molar-refractivity contribution is -0.118. The molecule has 1 heterocycles. The lowest BCUT2D eigenvalue weighted by atomic mass is 10.0. The van der Waals surface area contributed by atoms with E-state index in [1.54, 1.807) is 6.92 Å². The molecule has 1 N–H and O–H groups in total. The second kappa shape index (κ2) is 23.9. The zero-order chi connectivity index (χ0) is 31.9. The van der Waals surface area contributed by atoms with Gasteiger partial charge in [0.2, 0.25) is 13.4 Å². The second-order valence-electron chi connectivity index (χ2n) is 11.4. The SMILES string of the molecule is C=P(O)(OCCCCCCSSCCCCCCC(C)C)OCCOCCCC(=O)Cc1ccc(-c2nnc(C)nn2)cc1. The van der Waals surface area contributed by atoms with Gasteiger partial charge in [-0.25, -0.2) is 0 Å². The van der Waals surface area contributed by atoms with Crippen LogP contribution >= 0.6 is 29.2 Å². The molecule has 0 radical (unpaired) electrons. The summed E-state index contributed by atoms with van der Waals surface area (Å²) in [5.74, 6) is 4.41. The number of ether oxygens (including phenoxy) is 1. The number of rotatable bonds is 27. The van der Waals surface area contributed by atoms with Crippen molar-refractivity contribution in [3.8, 4) is 11.4 Å². The Hall–Kier alpha value is -1.33. The van der Waals surface area contributed by atoms with Gasteiger partial charge in [0, 0.05) is 36.5 Å². The van der Waals surface area contributed by atoms with Crippen molar-refractivity contribution in [1.82, 2.24) is 20.4 Å². The van der Waals surface area contributed by atoms with E-state index in [2.05, 4.69) is 40.5 Å². The molecule has 0 aliphatic rings. The average Bonchev–Trinajstić information content (AvgIpc) is 2.99. The van der Waals surface area contributed by atoms with Gasteiger partial charge < -0.3 is 18.7 Å². The third-order valence-corrected chi connectivity index (χ3v) is 10.5. The summed E-state index contributed by atoms with van der Waals surface area (Å²) in [6, 6.07) is 7.53. The quantitative estimate of drug-likeness (QED) is 0.0568. The molecule has 12 heteroatoms. The predicted octanol–water partition coefficient (Wildman–Crippen LogP) is 7.92. The van der Waals surface area contributed by atoms with Crippen molar-refractivity contribution >= 4 is 41.2 Å². The molecule has 0 saturated carbocycles. The summed E-state index contributed by atoms with van der Waals surface area (Å²) >= 11 is 0. The number of benzene rings is 1. The van der Waals surface area contributed by atoms with Crippen molar-refractivity contribution in [2.45, 2.75) is 97.8 Å². The fraction of sp³-hybridized carbons (Fsp3) is 0.688. The average molecular weight is 669 g/mol. The zero-order valence-corrected chi connectivity index (χ0v) is 29.5. The molecule has 2 aromatic rings. The van der Waals surface area contributed by atoms with Crippen molar-refractivity contribution in [1.29, 1.82) is 0 Å². The molecule has 0 fully saturated rings. The maximum Gasteiger partial charge on any atom is 0.248 e. The summed E-state index contributed by atoms with van der Waals surface area (Å²) < 4.78 is 16.5. The third-order valence-electron chi connectivity index (χ3n) is 6.71. The highest BCUT2D eigenvalue weighted by molar-refractivity contribution is 8.76. The van der Waals surface area contributed by atoms with Gasteiger partial charge >= 0.3 is 0 Å². The number of nitrogens with zero attached hydrogens (tertiary/aromatic N) is 4. The molecule has 0 amide bonds. The van der Waals surface area contributed by atoms with Crippen LogP contribution in [0.15, 0.2) is 24.3 Å². The van der Waals surface area contributed by atoms with Crippen molar-refractivity contribution in [2.75, 3.05) is 37.9 Å². The minimum absolute atomic E-state index is 0.148. The minimum atomic E-state index is -3.07. The van der Waals surface area contributed by atoms with E-state index < -0.39 is 7.57 Å². The molecule has 1 aromatic heterocycles. The van der Waals surface area contributed by atoms with Gasteiger partial charge in [-0.05, 0) is 50.4 Å². The summed E-state index contributed by atoms with van der Waals surface area (Å²) in [6.45, 7) is 7.75. The van der Waals surface area contributed by atoms with E-state index in [9.17, 15) is 9.69 Å². The van der Waals surface area contributed by atoms with E-state index in [-0.39, 0.29) is 12.4 Å². The van der Waals surface area contributed by atoms with Gasteiger partial charge in [0.15, 0.2) is 5.82 Å². The molecule has 248 valence electrons. The number of hydrogen-bond acceptors (Lipinski definition) is 11. The van der Waals surface area contributed by atoms with Gasteiger partial charge in [0.25, 0.3) is 0 Å². The third kappa shape index (κ3) is 19.9. The Kier molecular flexibility index (Phi) is 21.1. The number of carbonyl (C=O) groups is 1. The molecule has 0 aliphatic heterocycles. The molecule has 44 heavy (non-hydrogen) atoms. The van der Waals surface area contributed by atoms with Crippen LogP contribution in [0.5, 0.6) is 0 Å². The second-order valence-corrected chi connectivity index (χ2v) is 15.9. The molecule has 0 aliphatic carbocycles. The molecule has 0 bridgehead atoms. The summed E-state index contributed by atoms with van der Waals surface area (Å²) in [5.41, 5.74) is 1.74. The van der Waals surface area contributed by atoms with Crippen LogP contribution in [0.2, 0.25) is 0 Å². The Labute approximate surface area is 273 Å². The van der Waals surface area contributed by atoms with E-state index in [1.165, 1.54) is 56.5 Å². The van der Waals surface area contributed by atoms with Gasteiger partial charge in [-0.2, -0.15) is 0 Å². The lowest BCUT2D eigenvalue weighted by Gasteiger charge is -2.18. The fourth-order valence-electron chi connectivity index (χ4n) is 4.24. The van der Waals surface area contributed by atoms with E-state index in [4.69, 9.17) is 13.8 Å². The van der Waals surface area contributed by atoms with Crippen molar-refractivity contribution < 1.29 is 23.5 Å². The van der Waals surface area contributed by atoms with Crippen molar-refractivity contribution in [3.63, 3.8) is 0 Å². The maximum absolute atomic E-state index is 12.3. The molecular weight excluding hydrogens is 615 g/mol. The Balaban J connectivity index is 1.37. The monoisotopic (exact) mass is 668 g/mol. The number of Topliss-reactive ketones (excluding diaryl/α,β-unsaturated/α-hetero) is 1. The Morgan fingerprint density at radius 2 is 1.43 bits per heavy atom. The number of aromatic nitrogens is 4. The van der Waals surface area contributed by atoms with Crippen LogP contribution < -0.4 is 0 Å². The Morgan fingerprint density at radius 3 is 2.09 bits per heavy atom. The maximum atomic E-state index is 12.3. The highest BCUT2D eigenvalue weighted by Crippen LogP contribution is 2.42. The number of aryl methyl sites for hydroxylation is 1. The number of carbonyl (C=O) groups excluding carboxylic acids is 1. The molecule has 0 saturated heterocycles. The molecular formula is C32H53N4O5PS2. The van der Waals surface area contributed by atoms with Gasteiger partial charge in [0.1, 0.15) is 5.78 Å². The largest absolute Gasteiger partial charge is 0.379 e. The van der Waals surface area contributed by atoms with Crippen LogP contribution in [-0.2, 0) is 25.0 Å². The first-order valence-electron chi connectivity index (χ1n) is 16.0. The van der Waals surface area contributed by atoms with Crippen LogP contribution in [0.4, 0.5) is 0 Å². The van der Waals surface area contributed by atoms with Crippen LogP contribution in [0.3, 0.4) is 0 Å². The topological polar surface area (TPSA) is 117 Å². The zero-order valence-electron chi connectivity index (χ0n) is 27.0. The first-order valence-corrected chi connectivity index (χ1v) is 20.2. The highest BCUT2D eigenvalue weighted by Gasteiger charge is 2.11. The van der Waals surface area contributed by atoms with Gasteiger partial charge in [0.05, 0.1) is 19.8 Å². The van der Waals surface area contributed by atoms with Crippen LogP contribution in [-0.4, -0.2) is 75.3 Å². The van der Waals surface area contributed by atoms with Crippen molar-refractivity contribution in [2.24, 2.45) is 5.92 Å². The number of hydrogen-bond donors (Lipinski definition) is 1. The molecule has 1 aromatic carbocycles. The van der Waals surface area contributed by atoms with Gasteiger partial charge in [-0.3, -0.25) is 4.79 Å². The van der Waals surface area contributed by atoms with Crippen LogP contribution in [0.25, 0.3) is 11.4 Å². The van der Waals surface area contributed by atoms with Crippen LogP contribution in [0.1, 0.15) is 95.9 Å². The van der Waals surface area contributed by atoms with Gasteiger partial charge in [-0.1, -0.05) is 98.2 Å². The van der Waals surface area contributed by atoms with Gasteiger partial charge in [-0.15, -0.1) is 20.4 Å². The molecule has 1 unspecified atom stereocenters. The molecule has 2 rings (SSSR count). The summed E-state index contributed by atoms with van der Waals surface area (Å²) in [7, 11) is 0.930. The summed E-state index contributed by atoms with van der Waals surface area (Å²) in [5, 5.41) is 15.9. The molecule has 9 nitrogen and oxygen atoms in total. The smallest absolute Gasteiger partial charge is 0.248 e. The van der Waals surface area contributed by atoms with E-state index in [0.717, 1.165) is 29.9 Å². The molecule has 0 spiro atoms. The Bertz CT molecular complexity index is 1080. The summed E-state index contributed by atoms with van der Waals surface area (Å²) in [6.07, 6.45) is 16.3. The lowest BCUT2D eigenvalue weighted by Crippen LogP contribution is -2.08. The fourth-order valence-corrected chi connectivity index (χ4v) is 7.38. The highest BCUT2D eigenvalue weighted by atomic mass is 33.1. The number of ketones is 1. The standard InChI is InChI=1S/C32H53N4O5PS2/c1-27(2)14-9-5-7-11-24-43-44-25-12-8-6-10-21-40-42(4,38)41-23-22-39-20-13-15-31(37)26-29-16-18-30(19-17-29)32-35-33-28(3)34-36-32/h16-19,27,38H,4-15,20-26H2,1-3H3. The van der Waals surface area contributed by atoms with E-state index >= 15 is 0 Å². The normalized spacial score (nSPS) is 12.9. The number of unbranched alkanes of at least 4 members (excludes halogenated alkanes) is 6. The van der Waals surface area contributed by atoms with Crippen LogP contribution in [0, 0.1) is 12.8 Å². The first kappa shape index (κ1) is 38.9. The minimum Gasteiger partial charge on any atom is -0.379 e. The van der Waals surface area contributed by atoms with Crippen molar-refractivity contribution in [3.05, 3.63) is 35.7 Å². The Morgan fingerprint density at radius 1 is 0.818 bits per heavy atom. The first-order chi connectivity index (χ1) is 21.2. The molecule has 1 atom stereocenters. The summed E-state index contributed by atoms with van der Waals surface area (Å²) in [4.78, 5) is 22.6. The van der Waals surface area contributed by atoms with E-state index in [1.807, 2.05) is 45.9 Å².